The first-order valence-corrected chi connectivity index (χ1v) is 9.95. The standard InChI is InChI=1S/C23H33NO2/c1-15-8-7-9-21-22(15,3)11-10-16(2)23(21,4)14-17-12-20(26)18(24(5)6)13-19(17)25/h8,12-13,16,21H,7,9-11,14H2,1-6H3. The predicted molar refractivity (Wildman–Crippen MR) is 106 cm³/mol. The maximum absolute atomic E-state index is 12.7. The maximum Gasteiger partial charge on any atom is 0.202 e. The van der Waals surface area contributed by atoms with E-state index in [1.807, 2.05) is 14.1 Å². The topological polar surface area (TPSA) is 37.4 Å². The van der Waals surface area contributed by atoms with Crippen LogP contribution in [0.5, 0.6) is 0 Å². The van der Waals surface area contributed by atoms with E-state index in [0.29, 0.717) is 29.5 Å². The summed E-state index contributed by atoms with van der Waals surface area (Å²) in [5.74, 6) is 1.08. The molecular weight excluding hydrogens is 322 g/mol. The zero-order valence-electron chi connectivity index (χ0n) is 17.2. The van der Waals surface area contributed by atoms with Gasteiger partial charge in [0.2, 0.25) is 5.78 Å². The second-order valence-electron chi connectivity index (χ2n) is 9.38. The number of hydrogen-bond acceptors (Lipinski definition) is 3. The van der Waals surface area contributed by atoms with Crippen molar-refractivity contribution in [1.29, 1.82) is 0 Å². The van der Waals surface area contributed by atoms with Crippen molar-refractivity contribution in [2.45, 2.75) is 59.8 Å². The number of hydrogen-bond donors (Lipinski definition) is 0. The van der Waals surface area contributed by atoms with Crippen LogP contribution in [0.25, 0.3) is 0 Å². The minimum atomic E-state index is -0.0425. The molecule has 0 aromatic carbocycles. The first kappa shape index (κ1) is 19.1. The Hall–Kier alpha value is -1.64. The fourth-order valence-corrected chi connectivity index (χ4v) is 5.70. The van der Waals surface area contributed by atoms with E-state index in [0.717, 1.165) is 6.42 Å². The van der Waals surface area contributed by atoms with E-state index in [1.165, 1.54) is 30.9 Å². The van der Waals surface area contributed by atoms with Gasteiger partial charge in [-0.3, -0.25) is 9.59 Å². The predicted octanol–water partition coefficient (Wildman–Crippen LogP) is 4.70. The molecular formula is C23H33NO2. The van der Waals surface area contributed by atoms with Crippen molar-refractivity contribution >= 4 is 11.6 Å². The fourth-order valence-electron chi connectivity index (χ4n) is 5.70. The molecule has 4 unspecified atom stereocenters. The van der Waals surface area contributed by atoms with E-state index in [9.17, 15) is 9.59 Å². The molecule has 0 heterocycles. The van der Waals surface area contributed by atoms with Crippen LogP contribution in [0.3, 0.4) is 0 Å². The number of allylic oxidation sites excluding steroid dienone is 5. The van der Waals surface area contributed by atoms with Crippen molar-refractivity contribution < 1.29 is 9.59 Å². The zero-order valence-corrected chi connectivity index (χ0v) is 17.2. The van der Waals surface area contributed by atoms with Gasteiger partial charge in [0.25, 0.3) is 0 Å². The Morgan fingerprint density at radius 3 is 2.46 bits per heavy atom. The molecule has 3 nitrogen and oxygen atoms in total. The molecule has 26 heavy (non-hydrogen) atoms. The van der Waals surface area contributed by atoms with Gasteiger partial charge in [-0.15, -0.1) is 0 Å². The van der Waals surface area contributed by atoms with Crippen molar-refractivity contribution in [3.63, 3.8) is 0 Å². The van der Waals surface area contributed by atoms with Crippen LogP contribution in [0.2, 0.25) is 0 Å². The molecule has 0 saturated heterocycles. The second kappa shape index (κ2) is 6.51. The molecule has 1 saturated carbocycles. The summed E-state index contributed by atoms with van der Waals surface area (Å²) in [4.78, 5) is 26.9. The lowest BCUT2D eigenvalue weighted by Gasteiger charge is -2.58. The van der Waals surface area contributed by atoms with Crippen molar-refractivity contribution in [3.05, 3.63) is 35.1 Å². The van der Waals surface area contributed by atoms with Crippen molar-refractivity contribution in [3.8, 4) is 0 Å². The van der Waals surface area contributed by atoms with Gasteiger partial charge in [-0.25, -0.2) is 0 Å². The highest BCUT2D eigenvalue weighted by Gasteiger charge is 2.53. The molecule has 0 spiro atoms. The van der Waals surface area contributed by atoms with E-state index < -0.39 is 0 Å². The lowest BCUT2D eigenvalue weighted by Crippen LogP contribution is -2.50. The summed E-state index contributed by atoms with van der Waals surface area (Å²) in [6.45, 7) is 9.40. The highest BCUT2D eigenvalue weighted by Crippen LogP contribution is 2.62. The SMILES string of the molecule is CC1=CCCC2C1(C)CCC(C)C2(C)CC1=CC(=O)C(N(C)C)=CC1=O. The molecule has 0 N–H and O–H groups in total. The summed E-state index contributed by atoms with van der Waals surface area (Å²) in [7, 11) is 3.62. The van der Waals surface area contributed by atoms with Crippen LogP contribution >= 0.6 is 0 Å². The molecule has 3 heteroatoms. The minimum Gasteiger partial charge on any atom is -0.374 e. The highest BCUT2D eigenvalue weighted by atomic mass is 16.1. The largest absolute Gasteiger partial charge is 0.374 e. The molecule has 3 rings (SSSR count). The lowest BCUT2D eigenvalue weighted by molar-refractivity contribution is -0.116. The Balaban J connectivity index is 1.93. The Bertz CT molecular complexity index is 726. The number of carbonyl (C=O) groups excluding carboxylic acids is 2. The Kier molecular flexibility index (Phi) is 4.79. The van der Waals surface area contributed by atoms with Crippen LogP contribution in [0, 0.1) is 22.7 Å². The van der Waals surface area contributed by atoms with Crippen LogP contribution in [-0.4, -0.2) is 30.6 Å². The number of fused-ring (bicyclic) bond motifs is 1. The fraction of sp³-hybridized carbons (Fsp3) is 0.652. The van der Waals surface area contributed by atoms with Crippen LogP contribution in [-0.2, 0) is 9.59 Å². The molecule has 0 bridgehead atoms. The van der Waals surface area contributed by atoms with E-state index in [-0.39, 0.29) is 22.4 Å². The third kappa shape index (κ3) is 2.90. The van der Waals surface area contributed by atoms with Gasteiger partial charge in [-0.05, 0) is 67.8 Å². The van der Waals surface area contributed by atoms with E-state index >= 15 is 0 Å². The number of likely N-dealkylation sites (N-methyl/N-ethyl adjacent to an activating group) is 1. The molecule has 0 aromatic rings. The molecule has 4 atom stereocenters. The van der Waals surface area contributed by atoms with Crippen LogP contribution < -0.4 is 0 Å². The number of rotatable bonds is 3. The first-order valence-electron chi connectivity index (χ1n) is 9.95. The van der Waals surface area contributed by atoms with Crippen LogP contribution in [0.1, 0.15) is 59.8 Å². The van der Waals surface area contributed by atoms with Crippen molar-refractivity contribution in [2.24, 2.45) is 22.7 Å². The third-order valence-electron chi connectivity index (χ3n) is 7.79. The molecule has 0 radical (unpaired) electrons. The van der Waals surface area contributed by atoms with Gasteiger partial charge in [-0.2, -0.15) is 0 Å². The van der Waals surface area contributed by atoms with Gasteiger partial charge in [0.15, 0.2) is 5.78 Å². The van der Waals surface area contributed by atoms with Gasteiger partial charge in [0.1, 0.15) is 0 Å². The zero-order chi connectivity index (χ0) is 19.3. The number of ketones is 2. The molecule has 3 aliphatic rings. The molecule has 142 valence electrons. The molecule has 1 fully saturated rings. The summed E-state index contributed by atoms with van der Waals surface area (Å²) in [6, 6.07) is 0. The minimum absolute atomic E-state index is 0.0112. The molecule has 0 aromatic heterocycles. The summed E-state index contributed by atoms with van der Waals surface area (Å²) < 4.78 is 0. The van der Waals surface area contributed by atoms with E-state index in [4.69, 9.17) is 0 Å². The average molecular weight is 356 g/mol. The summed E-state index contributed by atoms with van der Waals surface area (Å²) in [5.41, 5.74) is 2.98. The smallest absolute Gasteiger partial charge is 0.202 e. The van der Waals surface area contributed by atoms with Gasteiger partial charge in [-0.1, -0.05) is 32.4 Å². The molecule has 0 amide bonds. The summed E-state index contributed by atoms with van der Waals surface area (Å²) in [6.07, 6.45) is 11.0. The summed E-state index contributed by atoms with van der Waals surface area (Å²) >= 11 is 0. The quantitative estimate of drug-likeness (QED) is 0.544. The Morgan fingerprint density at radius 2 is 1.81 bits per heavy atom. The monoisotopic (exact) mass is 355 g/mol. The van der Waals surface area contributed by atoms with E-state index in [2.05, 4.69) is 33.8 Å². The van der Waals surface area contributed by atoms with Gasteiger partial charge in [0, 0.05) is 25.7 Å². The number of carbonyl (C=O) groups is 2. The number of nitrogens with zero attached hydrogens (tertiary/aromatic N) is 1. The lowest BCUT2D eigenvalue weighted by atomic mass is 9.46. The Labute approximate surface area is 158 Å². The molecule has 3 aliphatic carbocycles. The maximum atomic E-state index is 12.7. The normalized spacial score (nSPS) is 37.5. The highest BCUT2D eigenvalue weighted by molar-refractivity contribution is 6.19. The van der Waals surface area contributed by atoms with Crippen molar-refractivity contribution in [1.82, 2.24) is 4.90 Å². The Morgan fingerprint density at radius 1 is 1.12 bits per heavy atom. The van der Waals surface area contributed by atoms with Crippen molar-refractivity contribution in [2.75, 3.05) is 14.1 Å². The van der Waals surface area contributed by atoms with Crippen LogP contribution in [0.15, 0.2) is 35.1 Å². The third-order valence-corrected chi connectivity index (χ3v) is 7.79. The first-order chi connectivity index (χ1) is 12.1. The van der Waals surface area contributed by atoms with Gasteiger partial charge in [0.05, 0.1) is 5.70 Å². The van der Waals surface area contributed by atoms with E-state index in [1.54, 1.807) is 11.0 Å². The average Bonchev–Trinajstić information content (AvgIpc) is 2.56. The molecule has 0 aliphatic heterocycles. The van der Waals surface area contributed by atoms with Gasteiger partial charge < -0.3 is 4.90 Å². The summed E-state index contributed by atoms with van der Waals surface area (Å²) in [5, 5.41) is 0. The second-order valence-corrected chi connectivity index (χ2v) is 9.38. The van der Waals surface area contributed by atoms with Gasteiger partial charge >= 0.3 is 0 Å². The van der Waals surface area contributed by atoms with Crippen LogP contribution in [0.4, 0.5) is 0 Å².